The van der Waals surface area contributed by atoms with E-state index in [0.717, 1.165) is 19.3 Å². The third-order valence-corrected chi connectivity index (χ3v) is 6.66. The van der Waals surface area contributed by atoms with Crippen LogP contribution in [0.25, 0.3) is 0 Å². The molecule has 1 amide bonds. The number of ether oxygens (including phenoxy) is 1. The Morgan fingerprint density at radius 1 is 1.14 bits per heavy atom. The van der Waals surface area contributed by atoms with E-state index in [1.54, 1.807) is 12.1 Å². The minimum absolute atomic E-state index is 0.0639. The lowest BCUT2D eigenvalue weighted by Gasteiger charge is -2.16. The average molecular weight is 417 g/mol. The smallest absolute Gasteiger partial charge is 0.251 e. The zero-order valence-electron chi connectivity index (χ0n) is 16.6. The summed E-state index contributed by atoms with van der Waals surface area (Å²) in [5.41, 5.74) is 1.63. The van der Waals surface area contributed by atoms with Gasteiger partial charge in [-0.1, -0.05) is 37.3 Å². The van der Waals surface area contributed by atoms with Crippen LogP contribution >= 0.6 is 0 Å². The highest BCUT2D eigenvalue weighted by atomic mass is 32.2. The summed E-state index contributed by atoms with van der Waals surface area (Å²) < 4.78 is 32.8. The van der Waals surface area contributed by atoms with E-state index in [2.05, 4.69) is 29.1 Å². The highest BCUT2D eigenvalue weighted by Crippen LogP contribution is 2.18. The van der Waals surface area contributed by atoms with E-state index in [4.69, 9.17) is 4.74 Å². The molecular formula is C22H28N2O4S. The predicted octanol–water partition coefficient (Wildman–Crippen LogP) is 3.07. The van der Waals surface area contributed by atoms with Crippen LogP contribution in [0, 0.1) is 0 Å². The molecule has 1 saturated heterocycles. The maximum Gasteiger partial charge on any atom is 0.251 e. The second-order valence-corrected chi connectivity index (χ2v) is 9.00. The minimum atomic E-state index is -3.62. The molecular weight excluding hydrogens is 388 g/mol. The molecule has 6 nitrogen and oxygen atoms in total. The number of carbonyl (C=O) groups excluding carboxylic acids is 1. The molecule has 7 heteroatoms. The summed E-state index contributed by atoms with van der Waals surface area (Å²) in [5, 5.41) is 2.95. The second-order valence-electron chi connectivity index (χ2n) is 7.24. The summed E-state index contributed by atoms with van der Waals surface area (Å²) in [6.45, 7) is 3.57. The Hall–Kier alpha value is -2.22. The van der Waals surface area contributed by atoms with Crippen LogP contribution in [0.2, 0.25) is 0 Å². The van der Waals surface area contributed by atoms with Gasteiger partial charge in [-0.2, -0.15) is 0 Å². The van der Waals surface area contributed by atoms with E-state index in [0.29, 0.717) is 18.7 Å². The Balaban J connectivity index is 1.56. The molecule has 0 aliphatic carbocycles. The van der Waals surface area contributed by atoms with Crippen molar-refractivity contribution in [2.24, 2.45) is 0 Å². The van der Waals surface area contributed by atoms with Gasteiger partial charge in [-0.25, -0.2) is 13.1 Å². The van der Waals surface area contributed by atoms with Crippen LogP contribution in [0.5, 0.6) is 0 Å². The number of hydrogen-bond donors (Lipinski definition) is 2. The zero-order valence-corrected chi connectivity index (χ0v) is 17.5. The fourth-order valence-corrected chi connectivity index (χ4v) is 4.48. The lowest BCUT2D eigenvalue weighted by atomic mass is 9.96. The van der Waals surface area contributed by atoms with Crippen LogP contribution in [0.3, 0.4) is 0 Å². The number of benzene rings is 2. The predicted molar refractivity (Wildman–Crippen MR) is 112 cm³/mol. The van der Waals surface area contributed by atoms with Crippen LogP contribution in [-0.2, 0) is 14.8 Å². The van der Waals surface area contributed by atoms with Gasteiger partial charge in [0.1, 0.15) is 0 Å². The molecule has 2 N–H and O–H groups in total. The van der Waals surface area contributed by atoms with Crippen LogP contribution in [0.4, 0.5) is 0 Å². The molecule has 2 aromatic rings. The highest BCUT2D eigenvalue weighted by Gasteiger charge is 2.20. The largest absolute Gasteiger partial charge is 0.377 e. The first-order valence-corrected chi connectivity index (χ1v) is 11.5. The van der Waals surface area contributed by atoms with E-state index in [-0.39, 0.29) is 29.4 Å². The summed E-state index contributed by atoms with van der Waals surface area (Å²) in [5.74, 6) is 0.0254. The Kier molecular flexibility index (Phi) is 7.41. The van der Waals surface area contributed by atoms with E-state index >= 15 is 0 Å². The second kappa shape index (κ2) is 10.0. The molecule has 2 atom stereocenters. The molecule has 1 fully saturated rings. The molecule has 2 aromatic carbocycles. The Bertz CT molecular complexity index is 892. The monoisotopic (exact) mass is 416 g/mol. The first-order valence-electron chi connectivity index (χ1n) is 10.0. The molecule has 1 heterocycles. The Labute approximate surface area is 172 Å². The Morgan fingerprint density at radius 3 is 2.48 bits per heavy atom. The lowest BCUT2D eigenvalue weighted by Crippen LogP contribution is -2.32. The van der Waals surface area contributed by atoms with Crippen molar-refractivity contribution in [1.29, 1.82) is 0 Å². The molecule has 0 spiro atoms. The SMILES string of the molecule is CCC(CNC(=O)c1ccc(S(=O)(=O)NCC2CCCO2)cc1)c1ccccc1. The number of sulfonamides is 1. The molecule has 3 rings (SSSR count). The highest BCUT2D eigenvalue weighted by molar-refractivity contribution is 7.89. The topological polar surface area (TPSA) is 84.5 Å². The minimum Gasteiger partial charge on any atom is -0.377 e. The van der Waals surface area contributed by atoms with E-state index in [1.165, 1.54) is 17.7 Å². The van der Waals surface area contributed by atoms with Crippen LogP contribution in [-0.4, -0.2) is 40.1 Å². The van der Waals surface area contributed by atoms with Gasteiger partial charge in [-0.3, -0.25) is 4.79 Å². The van der Waals surface area contributed by atoms with Gasteiger partial charge >= 0.3 is 0 Å². The van der Waals surface area contributed by atoms with Crippen molar-refractivity contribution >= 4 is 15.9 Å². The van der Waals surface area contributed by atoms with Gasteiger partial charge < -0.3 is 10.1 Å². The molecule has 0 saturated carbocycles. The molecule has 1 aliphatic heterocycles. The lowest BCUT2D eigenvalue weighted by molar-refractivity contribution is 0.0950. The number of carbonyl (C=O) groups is 1. The number of amides is 1. The molecule has 0 radical (unpaired) electrons. The Morgan fingerprint density at radius 2 is 1.86 bits per heavy atom. The van der Waals surface area contributed by atoms with Gasteiger partial charge in [-0.05, 0) is 49.1 Å². The number of hydrogen-bond acceptors (Lipinski definition) is 4. The van der Waals surface area contributed by atoms with Crippen LogP contribution < -0.4 is 10.0 Å². The molecule has 0 aromatic heterocycles. The number of nitrogens with one attached hydrogen (secondary N) is 2. The molecule has 0 bridgehead atoms. The third kappa shape index (κ3) is 5.88. The van der Waals surface area contributed by atoms with Crippen molar-refractivity contribution in [2.75, 3.05) is 19.7 Å². The molecule has 1 aliphatic rings. The van der Waals surface area contributed by atoms with E-state index in [1.807, 2.05) is 18.2 Å². The van der Waals surface area contributed by atoms with Crippen molar-refractivity contribution in [1.82, 2.24) is 10.0 Å². The quantitative estimate of drug-likeness (QED) is 0.658. The fourth-order valence-electron chi connectivity index (χ4n) is 3.42. The van der Waals surface area contributed by atoms with Gasteiger partial charge in [0.05, 0.1) is 11.0 Å². The first kappa shape index (κ1) is 21.5. The van der Waals surface area contributed by atoms with Gasteiger partial charge in [0.15, 0.2) is 0 Å². The summed E-state index contributed by atoms with van der Waals surface area (Å²) >= 11 is 0. The van der Waals surface area contributed by atoms with Crippen LogP contribution in [0.15, 0.2) is 59.5 Å². The summed E-state index contributed by atoms with van der Waals surface area (Å²) in [4.78, 5) is 12.6. The van der Waals surface area contributed by atoms with Gasteiger partial charge in [0.25, 0.3) is 5.91 Å². The van der Waals surface area contributed by atoms with Crippen molar-refractivity contribution in [2.45, 2.75) is 43.1 Å². The maximum atomic E-state index is 12.5. The van der Waals surface area contributed by atoms with Crippen molar-refractivity contribution in [3.63, 3.8) is 0 Å². The normalized spacial score (nSPS) is 17.8. The van der Waals surface area contributed by atoms with Gasteiger partial charge in [0, 0.05) is 31.2 Å². The standard InChI is InChI=1S/C22H28N2O4S/c1-2-17(18-7-4-3-5-8-18)15-23-22(25)19-10-12-21(13-11-19)29(26,27)24-16-20-9-6-14-28-20/h3-5,7-8,10-13,17,20,24H,2,6,9,14-16H2,1H3,(H,23,25). The summed E-state index contributed by atoms with van der Waals surface area (Å²) in [6.07, 6.45) is 2.67. The van der Waals surface area contributed by atoms with E-state index in [9.17, 15) is 13.2 Å². The van der Waals surface area contributed by atoms with Gasteiger partial charge in [-0.15, -0.1) is 0 Å². The maximum absolute atomic E-state index is 12.5. The molecule has 2 unspecified atom stereocenters. The van der Waals surface area contributed by atoms with Gasteiger partial charge in [0.2, 0.25) is 10.0 Å². The zero-order chi connectivity index (χ0) is 20.7. The fraction of sp³-hybridized carbons (Fsp3) is 0.409. The average Bonchev–Trinajstić information content (AvgIpc) is 3.27. The first-order chi connectivity index (χ1) is 14.0. The summed E-state index contributed by atoms with van der Waals surface area (Å²) in [7, 11) is -3.62. The molecule has 156 valence electrons. The van der Waals surface area contributed by atoms with Crippen molar-refractivity contribution < 1.29 is 17.9 Å². The third-order valence-electron chi connectivity index (χ3n) is 5.22. The van der Waals surface area contributed by atoms with Crippen molar-refractivity contribution in [3.8, 4) is 0 Å². The number of rotatable bonds is 9. The summed E-state index contributed by atoms with van der Waals surface area (Å²) in [6, 6.07) is 16.1. The molecule has 29 heavy (non-hydrogen) atoms. The van der Waals surface area contributed by atoms with Crippen molar-refractivity contribution in [3.05, 3.63) is 65.7 Å². The van der Waals surface area contributed by atoms with E-state index < -0.39 is 10.0 Å². The van der Waals surface area contributed by atoms with Crippen LogP contribution in [0.1, 0.15) is 48.0 Å².